The zero-order valence-electron chi connectivity index (χ0n) is 13.6. The second-order valence-corrected chi connectivity index (χ2v) is 5.60. The number of hydrogen-bond donors (Lipinski definition) is 1. The highest BCUT2D eigenvalue weighted by molar-refractivity contribution is 5.01. The largest absolute Gasteiger partial charge is 0.371 e. The molecule has 3 atom stereocenters. The Bertz CT molecular complexity index is 379. The van der Waals surface area contributed by atoms with Crippen molar-refractivity contribution in [1.29, 1.82) is 0 Å². The normalized spacial score (nSPS) is 16.4. The topological polar surface area (TPSA) is 60.2 Å². The average Bonchev–Trinajstić information content (AvgIpc) is 2.85. The molecule has 1 N–H and O–H groups in total. The van der Waals surface area contributed by atoms with Gasteiger partial charge in [0.25, 0.3) is 0 Å². The summed E-state index contributed by atoms with van der Waals surface area (Å²) in [7, 11) is 0. The highest BCUT2D eigenvalue weighted by Crippen LogP contribution is 2.28. The molecule has 0 aliphatic carbocycles. The molecule has 0 bridgehead atoms. The molecule has 1 aromatic heterocycles. The molecule has 0 amide bonds. The number of aromatic nitrogens is 2. The molecule has 5 heteroatoms. The Labute approximate surface area is 122 Å². The molecule has 0 aliphatic rings. The minimum absolute atomic E-state index is 0.121. The summed E-state index contributed by atoms with van der Waals surface area (Å²) in [4.78, 5) is 4.54. The maximum absolute atomic E-state index is 5.51. The highest BCUT2D eigenvalue weighted by atomic mass is 16.5. The maximum Gasteiger partial charge on any atom is 0.231 e. The van der Waals surface area contributed by atoms with Crippen molar-refractivity contribution in [3.8, 4) is 0 Å². The first-order valence-electron chi connectivity index (χ1n) is 7.69. The summed E-state index contributed by atoms with van der Waals surface area (Å²) in [5.74, 6) is 1.99. The summed E-state index contributed by atoms with van der Waals surface area (Å²) in [6.45, 7) is 14.3. The maximum atomic E-state index is 5.51. The van der Waals surface area contributed by atoms with Crippen LogP contribution in [0.2, 0.25) is 0 Å². The van der Waals surface area contributed by atoms with Gasteiger partial charge in [0.15, 0.2) is 5.82 Å². The molecule has 3 unspecified atom stereocenters. The van der Waals surface area contributed by atoms with Crippen LogP contribution >= 0.6 is 0 Å². The molecular formula is C15H29N3O2. The molecule has 1 heterocycles. The molecule has 0 spiro atoms. The summed E-state index contributed by atoms with van der Waals surface area (Å²) < 4.78 is 11.0. The lowest BCUT2D eigenvalue weighted by atomic mass is 9.89. The summed E-state index contributed by atoms with van der Waals surface area (Å²) in [6.07, 6.45) is 0.996. The summed E-state index contributed by atoms with van der Waals surface area (Å²) in [6, 6.07) is 0.311. The molecule has 116 valence electrons. The lowest BCUT2D eigenvalue weighted by Crippen LogP contribution is -2.35. The highest BCUT2D eigenvalue weighted by Gasteiger charge is 2.28. The van der Waals surface area contributed by atoms with Crippen LogP contribution in [-0.4, -0.2) is 29.3 Å². The van der Waals surface area contributed by atoms with Crippen molar-refractivity contribution < 1.29 is 9.26 Å². The van der Waals surface area contributed by atoms with E-state index in [4.69, 9.17) is 9.26 Å². The van der Waals surface area contributed by atoms with Crippen molar-refractivity contribution in [3.63, 3.8) is 0 Å². The van der Waals surface area contributed by atoms with Crippen LogP contribution in [0.15, 0.2) is 4.52 Å². The quantitative estimate of drug-likeness (QED) is 0.753. The van der Waals surface area contributed by atoms with Crippen LogP contribution in [0.25, 0.3) is 0 Å². The molecule has 0 aliphatic heterocycles. The first kappa shape index (κ1) is 17.1. The molecule has 0 fully saturated rings. The molecule has 0 aromatic carbocycles. The molecule has 0 saturated heterocycles. The smallest absolute Gasteiger partial charge is 0.231 e. The second kappa shape index (κ2) is 8.37. The molecular weight excluding hydrogens is 254 g/mol. The number of nitrogens with one attached hydrogen (secondary N) is 1. The van der Waals surface area contributed by atoms with Gasteiger partial charge in [-0.05, 0) is 39.7 Å². The minimum Gasteiger partial charge on any atom is -0.371 e. The predicted molar refractivity (Wildman–Crippen MR) is 79.7 cm³/mol. The van der Waals surface area contributed by atoms with Gasteiger partial charge in [0.05, 0.1) is 5.92 Å². The molecule has 1 aromatic rings. The van der Waals surface area contributed by atoms with Crippen molar-refractivity contribution in [3.05, 3.63) is 11.7 Å². The van der Waals surface area contributed by atoms with Gasteiger partial charge in [-0.3, -0.25) is 0 Å². The van der Waals surface area contributed by atoms with Gasteiger partial charge < -0.3 is 14.6 Å². The SMILES string of the molecule is CCCNC(C)C(c1nc(C(C)OCC)no1)C(C)C. The van der Waals surface area contributed by atoms with Crippen molar-refractivity contribution in [1.82, 2.24) is 15.5 Å². The Morgan fingerprint density at radius 2 is 1.90 bits per heavy atom. The van der Waals surface area contributed by atoms with Crippen molar-refractivity contribution in [2.45, 2.75) is 66.0 Å². The van der Waals surface area contributed by atoms with E-state index < -0.39 is 0 Å². The van der Waals surface area contributed by atoms with Crippen LogP contribution in [0.3, 0.4) is 0 Å². The van der Waals surface area contributed by atoms with Gasteiger partial charge in [-0.15, -0.1) is 0 Å². The Balaban J connectivity index is 2.82. The van der Waals surface area contributed by atoms with Crippen LogP contribution in [0.4, 0.5) is 0 Å². The van der Waals surface area contributed by atoms with Crippen LogP contribution in [0.5, 0.6) is 0 Å². The third kappa shape index (κ3) is 4.56. The molecule has 20 heavy (non-hydrogen) atoms. The fourth-order valence-electron chi connectivity index (χ4n) is 2.45. The number of rotatable bonds is 9. The van der Waals surface area contributed by atoms with E-state index in [0.717, 1.165) is 13.0 Å². The Morgan fingerprint density at radius 1 is 1.20 bits per heavy atom. The van der Waals surface area contributed by atoms with E-state index in [2.05, 4.69) is 43.2 Å². The van der Waals surface area contributed by atoms with Gasteiger partial charge in [-0.2, -0.15) is 4.98 Å². The van der Waals surface area contributed by atoms with Crippen LogP contribution in [0, 0.1) is 5.92 Å². The minimum atomic E-state index is -0.121. The van der Waals surface area contributed by atoms with E-state index in [0.29, 0.717) is 30.3 Å². The third-order valence-electron chi connectivity index (χ3n) is 3.50. The summed E-state index contributed by atoms with van der Waals surface area (Å²) in [5.41, 5.74) is 0. The third-order valence-corrected chi connectivity index (χ3v) is 3.50. The number of hydrogen-bond acceptors (Lipinski definition) is 5. The molecule has 0 saturated carbocycles. The summed E-state index contributed by atoms with van der Waals surface area (Å²) in [5, 5.41) is 7.58. The summed E-state index contributed by atoms with van der Waals surface area (Å²) >= 11 is 0. The van der Waals surface area contributed by atoms with Gasteiger partial charge >= 0.3 is 0 Å². The fraction of sp³-hybridized carbons (Fsp3) is 0.867. The van der Waals surface area contributed by atoms with E-state index in [1.807, 2.05) is 13.8 Å². The second-order valence-electron chi connectivity index (χ2n) is 5.60. The lowest BCUT2D eigenvalue weighted by Gasteiger charge is -2.25. The van der Waals surface area contributed by atoms with Gasteiger partial charge in [0, 0.05) is 12.6 Å². The van der Waals surface area contributed by atoms with Crippen LogP contribution < -0.4 is 5.32 Å². The number of nitrogens with zero attached hydrogens (tertiary/aromatic N) is 2. The van der Waals surface area contributed by atoms with Crippen molar-refractivity contribution in [2.24, 2.45) is 5.92 Å². The van der Waals surface area contributed by atoms with Crippen molar-refractivity contribution >= 4 is 0 Å². The van der Waals surface area contributed by atoms with Crippen molar-refractivity contribution in [2.75, 3.05) is 13.2 Å². The standard InChI is InChI=1S/C15H29N3O2/c1-7-9-16-11(5)13(10(3)4)15-17-14(18-20-15)12(6)19-8-2/h10-13,16H,7-9H2,1-6H3. The van der Waals surface area contributed by atoms with Gasteiger partial charge in [-0.25, -0.2) is 0 Å². The Morgan fingerprint density at radius 3 is 2.45 bits per heavy atom. The fourth-order valence-corrected chi connectivity index (χ4v) is 2.45. The average molecular weight is 283 g/mol. The Hall–Kier alpha value is -0.940. The Kier molecular flexibility index (Phi) is 7.16. The van der Waals surface area contributed by atoms with E-state index >= 15 is 0 Å². The monoisotopic (exact) mass is 283 g/mol. The van der Waals surface area contributed by atoms with E-state index in [1.165, 1.54) is 0 Å². The van der Waals surface area contributed by atoms with Gasteiger partial charge in [0.2, 0.25) is 5.89 Å². The van der Waals surface area contributed by atoms with Crippen LogP contribution in [-0.2, 0) is 4.74 Å². The zero-order valence-corrected chi connectivity index (χ0v) is 13.6. The molecule has 1 rings (SSSR count). The van der Waals surface area contributed by atoms with Gasteiger partial charge in [-0.1, -0.05) is 25.9 Å². The van der Waals surface area contributed by atoms with Crippen LogP contribution in [0.1, 0.15) is 71.7 Å². The lowest BCUT2D eigenvalue weighted by molar-refractivity contribution is 0.0683. The van der Waals surface area contributed by atoms with E-state index in [9.17, 15) is 0 Å². The van der Waals surface area contributed by atoms with Gasteiger partial charge in [0.1, 0.15) is 6.10 Å². The first-order valence-corrected chi connectivity index (χ1v) is 7.69. The first-order chi connectivity index (χ1) is 9.51. The molecule has 5 nitrogen and oxygen atoms in total. The number of ether oxygens (including phenoxy) is 1. The zero-order chi connectivity index (χ0) is 15.1. The van der Waals surface area contributed by atoms with E-state index in [-0.39, 0.29) is 12.0 Å². The predicted octanol–water partition coefficient (Wildman–Crippen LogP) is 3.29. The van der Waals surface area contributed by atoms with E-state index in [1.54, 1.807) is 0 Å². The molecule has 0 radical (unpaired) electrons.